The van der Waals surface area contributed by atoms with E-state index in [0.717, 1.165) is 43.2 Å². The zero-order chi connectivity index (χ0) is 21.4. The third-order valence-electron chi connectivity index (χ3n) is 10.4. The fourth-order valence-corrected chi connectivity index (χ4v) is 8.42. The van der Waals surface area contributed by atoms with E-state index in [-0.39, 0.29) is 17.6 Å². The summed E-state index contributed by atoms with van der Waals surface area (Å²) in [6, 6.07) is 0. The van der Waals surface area contributed by atoms with Crippen LogP contribution in [0.15, 0.2) is 5.57 Å². The van der Waals surface area contributed by atoms with Crippen LogP contribution in [-0.2, 0) is 7.05 Å². The Bertz CT molecular complexity index is 873. The van der Waals surface area contributed by atoms with Crippen LogP contribution in [0.4, 0.5) is 0 Å². The Labute approximate surface area is 181 Å². The van der Waals surface area contributed by atoms with Crippen LogP contribution in [0, 0.1) is 48.3 Å². The van der Waals surface area contributed by atoms with Crippen LogP contribution in [0.1, 0.15) is 82.2 Å². The summed E-state index contributed by atoms with van der Waals surface area (Å²) in [5, 5.41) is 26.3. The number of hydrogen-bond acceptors (Lipinski definition) is 3. The second-order valence-corrected chi connectivity index (χ2v) is 11.7. The molecule has 1 aromatic heterocycles. The zero-order valence-corrected chi connectivity index (χ0v) is 19.5. The summed E-state index contributed by atoms with van der Waals surface area (Å²) in [5.74, 6) is 2.75. The third-order valence-corrected chi connectivity index (χ3v) is 10.4. The fraction of sp³-hybridized carbons (Fsp3) is 0.808. The zero-order valence-electron chi connectivity index (χ0n) is 19.5. The highest BCUT2D eigenvalue weighted by molar-refractivity contribution is 5.59. The Kier molecular flexibility index (Phi) is 4.80. The minimum Gasteiger partial charge on any atom is -0.393 e. The van der Waals surface area contributed by atoms with Crippen LogP contribution >= 0.6 is 0 Å². The van der Waals surface area contributed by atoms with Crippen LogP contribution in [0.3, 0.4) is 0 Å². The molecule has 0 aliphatic heterocycles. The van der Waals surface area contributed by atoms with Crippen molar-refractivity contribution >= 4 is 6.08 Å². The van der Waals surface area contributed by atoms with Crippen LogP contribution in [-0.4, -0.2) is 32.2 Å². The fourth-order valence-electron chi connectivity index (χ4n) is 8.42. The number of fused-ring (bicyclic) bond motifs is 5. The molecule has 0 amide bonds. The number of rotatable bonds is 1. The number of aryl methyl sites for hydroxylation is 2. The summed E-state index contributed by atoms with van der Waals surface area (Å²) in [6.07, 6.45) is 11.0. The van der Waals surface area contributed by atoms with E-state index in [2.05, 4.69) is 38.9 Å². The molecule has 1 heterocycles. The Morgan fingerprint density at radius 2 is 1.73 bits per heavy atom. The van der Waals surface area contributed by atoms with Gasteiger partial charge in [0.1, 0.15) is 0 Å². The van der Waals surface area contributed by atoms with Crippen molar-refractivity contribution in [3.63, 3.8) is 0 Å². The molecule has 2 N–H and O–H groups in total. The predicted molar refractivity (Wildman–Crippen MR) is 120 cm³/mol. The average molecular weight is 413 g/mol. The molecule has 1 aromatic rings. The first kappa shape index (κ1) is 20.8. The largest absolute Gasteiger partial charge is 0.393 e. The molecule has 4 aliphatic rings. The lowest BCUT2D eigenvalue weighted by Gasteiger charge is -2.60. The molecule has 0 saturated heterocycles. The Balaban J connectivity index is 1.46. The first-order valence-electron chi connectivity index (χ1n) is 12.2. The van der Waals surface area contributed by atoms with Gasteiger partial charge in [-0.15, -0.1) is 0 Å². The van der Waals surface area contributed by atoms with Crippen LogP contribution in [0.25, 0.3) is 6.08 Å². The van der Waals surface area contributed by atoms with Crippen molar-refractivity contribution in [2.75, 3.05) is 0 Å². The molecule has 4 aliphatic carbocycles. The highest BCUT2D eigenvalue weighted by atomic mass is 16.3. The molecule has 4 nitrogen and oxygen atoms in total. The summed E-state index contributed by atoms with van der Waals surface area (Å²) in [5.41, 5.74) is 5.06. The van der Waals surface area contributed by atoms with Gasteiger partial charge in [-0.1, -0.05) is 13.8 Å². The van der Waals surface area contributed by atoms with Crippen molar-refractivity contribution < 1.29 is 10.2 Å². The molecule has 0 spiro atoms. The van der Waals surface area contributed by atoms with Crippen molar-refractivity contribution in [1.82, 2.24) is 9.78 Å². The molecular formula is C26H40N2O2. The maximum atomic E-state index is 11.5. The van der Waals surface area contributed by atoms with Gasteiger partial charge < -0.3 is 10.2 Å². The topological polar surface area (TPSA) is 58.3 Å². The van der Waals surface area contributed by atoms with Gasteiger partial charge >= 0.3 is 0 Å². The molecule has 0 bridgehead atoms. The third kappa shape index (κ3) is 2.82. The first-order chi connectivity index (χ1) is 14.1. The Morgan fingerprint density at radius 3 is 2.43 bits per heavy atom. The van der Waals surface area contributed by atoms with Crippen molar-refractivity contribution in [2.45, 2.75) is 91.3 Å². The molecule has 8 atom stereocenters. The smallest absolute Gasteiger partial charge is 0.0809 e. The predicted octanol–water partition coefficient (Wildman–Crippen LogP) is 4.79. The van der Waals surface area contributed by atoms with E-state index in [9.17, 15) is 10.2 Å². The average Bonchev–Trinajstić information content (AvgIpc) is 3.10. The maximum absolute atomic E-state index is 11.5. The molecule has 166 valence electrons. The summed E-state index contributed by atoms with van der Waals surface area (Å²) in [7, 11) is 2.00. The van der Waals surface area contributed by atoms with Crippen molar-refractivity contribution in [1.29, 1.82) is 0 Å². The van der Waals surface area contributed by atoms with Gasteiger partial charge in [0.2, 0.25) is 0 Å². The Hall–Kier alpha value is -1.13. The molecule has 5 rings (SSSR count). The molecule has 0 aromatic carbocycles. The minimum atomic E-state index is -0.332. The van der Waals surface area contributed by atoms with E-state index < -0.39 is 0 Å². The quantitative estimate of drug-likeness (QED) is 0.697. The van der Waals surface area contributed by atoms with Gasteiger partial charge in [-0.2, -0.15) is 5.10 Å². The minimum absolute atomic E-state index is 0.00833. The molecule has 0 radical (unpaired) electrons. The summed E-state index contributed by atoms with van der Waals surface area (Å²) < 4.78 is 1.95. The maximum Gasteiger partial charge on any atom is 0.0809 e. The van der Waals surface area contributed by atoms with Crippen molar-refractivity contribution in [3.8, 4) is 0 Å². The summed E-state index contributed by atoms with van der Waals surface area (Å²) in [6.45, 7) is 9.10. The summed E-state index contributed by atoms with van der Waals surface area (Å²) in [4.78, 5) is 0. The lowest BCUT2D eigenvalue weighted by molar-refractivity contribution is -0.133. The van der Waals surface area contributed by atoms with E-state index in [1.807, 2.05) is 11.7 Å². The van der Waals surface area contributed by atoms with Gasteiger partial charge in [-0.05, 0) is 106 Å². The lowest BCUT2D eigenvalue weighted by atomic mass is 9.45. The molecule has 4 saturated carbocycles. The number of aliphatic hydroxyl groups excluding tert-OH is 2. The Morgan fingerprint density at radius 1 is 1.00 bits per heavy atom. The normalized spacial score (nSPS) is 47.1. The molecule has 0 unspecified atom stereocenters. The summed E-state index contributed by atoms with van der Waals surface area (Å²) >= 11 is 0. The van der Waals surface area contributed by atoms with Crippen LogP contribution in [0.2, 0.25) is 0 Å². The van der Waals surface area contributed by atoms with Gasteiger partial charge in [0.25, 0.3) is 0 Å². The highest BCUT2D eigenvalue weighted by Gasteiger charge is 2.61. The number of hydrogen-bond donors (Lipinski definition) is 2. The molecule has 4 fully saturated rings. The molecule has 4 heteroatoms. The van der Waals surface area contributed by atoms with E-state index in [1.54, 1.807) is 0 Å². The van der Waals surface area contributed by atoms with Crippen LogP contribution in [0.5, 0.6) is 0 Å². The van der Waals surface area contributed by atoms with E-state index in [4.69, 9.17) is 0 Å². The standard InChI is InChI=1S/C26H40N2O2/c1-15-21(16(2)28(5)27-15)12-17-13-23-20-7-6-18-14-19(29)8-10-25(18,3)22(20)9-11-26(23,4)24(17)30/h12,18-20,22-24,29-30H,6-11,13-14H2,1-5H3/b17-12-/t18-,19-,20-,22+,23+,24+,25-,26+/m0/s1. The van der Waals surface area contributed by atoms with Crippen LogP contribution < -0.4 is 0 Å². The van der Waals surface area contributed by atoms with Gasteiger partial charge in [-0.25, -0.2) is 0 Å². The van der Waals surface area contributed by atoms with Gasteiger partial charge in [-0.3, -0.25) is 4.68 Å². The second kappa shape index (κ2) is 6.93. The monoisotopic (exact) mass is 412 g/mol. The van der Waals surface area contributed by atoms with Crippen molar-refractivity contribution in [2.24, 2.45) is 41.5 Å². The second-order valence-electron chi connectivity index (χ2n) is 11.7. The number of aliphatic hydroxyl groups is 2. The number of aromatic nitrogens is 2. The van der Waals surface area contributed by atoms with Gasteiger partial charge in [0.15, 0.2) is 0 Å². The molecular weight excluding hydrogens is 372 g/mol. The van der Waals surface area contributed by atoms with E-state index in [0.29, 0.717) is 17.3 Å². The van der Waals surface area contributed by atoms with Gasteiger partial charge in [0.05, 0.1) is 17.9 Å². The SMILES string of the molecule is Cc1nn(C)c(C)c1/C=C1/C[C@@H]2[C@H]3CC[C@H]4C[C@@H](O)CC[C@]4(C)[C@@H]3CC[C@@]2(C)[C@@H]1O. The lowest BCUT2D eigenvalue weighted by Crippen LogP contribution is -2.54. The molecule has 30 heavy (non-hydrogen) atoms. The highest BCUT2D eigenvalue weighted by Crippen LogP contribution is 2.67. The van der Waals surface area contributed by atoms with E-state index >= 15 is 0 Å². The van der Waals surface area contributed by atoms with Gasteiger partial charge in [0, 0.05) is 23.7 Å². The number of nitrogens with zero attached hydrogens (tertiary/aromatic N) is 2. The van der Waals surface area contributed by atoms with E-state index in [1.165, 1.54) is 42.5 Å². The first-order valence-corrected chi connectivity index (χ1v) is 12.2. The van der Waals surface area contributed by atoms with Crippen molar-refractivity contribution in [3.05, 3.63) is 22.5 Å².